The number of amides is 1. The smallest absolute Gasteiger partial charge is 0.270 e. The molecule has 2 aromatic carbocycles. The molecule has 0 N–H and O–H groups in total. The van der Waals surface area contributed by atoms with Gasteiger partial charge in [0.05, 0.1) is 11.7 Å². The van der Waals surface area contributed by atoms with Crippen molar-refractivity contribution in [3.8, 4) is 0 Å². The maximum absolute atomic E-state index is 13.2. The lowest BCUT2D eigenvalue weighted by atomic mass is 10.0. The van der Waals surface area contributed by atoms with E-state index < -0.39 is 0 Å². The number of carbonyl (C=O) groups is 1. The van der Waals surface area contributed by atoms with Gasteiger partial charge in [-0.05, 0) is 55.4 Å². The lowest BCUT2D eigenvalue weighted by Gasteiger charge is -2.32. The van der Waals surface area contributed by atoms with Crippen LogP contribution in [0.25, 0.3) is 0 Å². The zero-order chi connectivity index (χ0) is 20.5. The lowest BCUT2D eigenvalue weighted by molar-refractivity contribution is -0.125. The van der Waals surface area contributed by atoms with E-state index in [-0.39, 0.29) is 11.9 Å². The molecule has 5 nitrogen and oxygen atoms in total. The Morgan fingerprint density at radius 3 is 2.31 bits per heavy atom. The van der Waals surface area contributed by atoms with Crippen LogP contribution in [0, 0.1) is 6.92 Å². The largest absolute Gasteiger partial charge is 0.335 e. The first-order valence-corrected chi connectivity index (χ1v) is 10.5. The van der Waals surface area contributed by atoms with Gasteiger partial charge in [0.15, 0.2) is 0 Å². The molecule has 0 spiro atoms. The third-order valence-electron chi connectivity index (χ3n) is 5.61. The number of nitrogens with zero attached hydrogens (tertiary/aromatic N) is 4. The van der Waals surface area contributed by atoms with Crippen molar-refractivity contribution in [3.63, 3.8) is 0 Å². The van der Waals surface area contributed by atoms with Crippen molar-refractivity contribution < 1.29 is 4.79 Å². The fraction of sp³-hybridized carbons (Fsp3) is 0.364. The molecule has 1 fully saturated rings. The van der Waals surface area contributed by atoms with E-state index in [1.54, 1.807) is 0 Å². The Bertz CT molecular complexity index is 936. The average Bonchev–Trinajstić information content (AvgIpc) is 3.13. The summed E-state index contributed by atoms with van der Waals surface area (Å²) in [5.41, 5.74) is 3.65. The number of anilines is 1. The summed E-state index contributed by atoms with van der Waals surface area (Å²) < 4.78 is 0. The highest BCUT2D eigenvalue weighted by Gasteiger charge is 2.35. The van der Waals surface area contributed by atoms with E-state index in [9.17, 15) is 4.79 Å². The molecule has 4 rings (SSSR count). The first kappa shape index (κ1) is 20.2. The van der Waals surface area contributed by atoms with Gasteiger partial charge in [-0.1, -0.05) is 35.3 Å². The Labute approximate surface area is 181 Å². The minimum atomic E-state index is -0.0569. The van der Waals surface area contributed by atoms with E-state index in [4.69, 9.17) is 28.3 Å². The van der Waals surface area contributed by atoms with Gasteiger partial charge in [-0.3, -0.25) is 9.80 Å². The van der Waals surface area contributed by atoms with Gasteiger partial charge < -0.3 is 9.80 Å². The molecule has 2 aliphatic heterocycles. The molecular weight excluding hydrogens is 407 g/mol. The van der Waals surface area contributed by atoms with Gasteiger partial charge >= 0.3 is 0 Å². The Balaban J connectivity index is 1.66. The third kappa shape index (κ3) is 4.27. The summed E-state index contributed by atoms with van der Waals surface area (Å²) in [6.07, 6.45) is 0.564. The van der Waals surface area contributed by atoms with Crippen LogP contribution in [-0.4, -0.2) is 54.6 Å². The Hall–Kier alpha value is -2.08. The molecule has 1 unspecified atom stereocenters. The second-order valence-corrected chi connectivity index (χ2v) is 8.56. The van der Waals surface area contributed by atoms with Crippen LogP contribution in [0.2, 0.25) is 10.0 Å². The molecule has 0 aromatic heterocycles. The Morgan fingerprint density at radius 1 is 1.00 bits per heavy atom. The molecule has 0 saturated carbocycles. The average molecular weight is 431 g/mol. The van der Waals surface area contributed by atoms with Crippen LogP contribution in [0.3, 0.4) is 0 Å². The van der Waals surface area contributed by atoms with Gasteiger partial charge in [-0.25, -0.2) is 0 Å². The molecule has 1 saturated heterocycles. The molecule has 2 aromatic rings. The Morgan fingerprint density at radius 2 is 1.66 bits per heavy atom. The predicted molar refractivity (Wildman–Crippen MR) is 119 cm³/mol. The van der Waals surface area contributed by atoms with Crippen LogP contribution in [0.1, 0.15) is 23.6 Å². The number of piperazine rings is 1. The number of rotatable bonds is 3. The van der Waals surface area contributed by atoms with Gasteiger partial charge in [-0.15, -0.1) is 0 Å². The first-order valence-electron chi connectivity index (χ1n) is 9.78. The summed E-state index contributed by atoms with van der Waals surface area (Å²) in [5.74, 6) is 0.0335. The second kappa shape index (κ2) is 8.34. The summed E-state index contributed by atoms with van der Waals surface area (Å²) in [5, 5.41) is 8.13. The topological polar surface area (TPSA) is 39.2 Å². The highest BCUT2D eigenvalue weighted by molar-refractivity contribution is 6.39. The van der Waals surface area contributed by atoms with Crippen molar-refractivity contribution in [1.82, 2.24) is 9.80 Å². The van der Waals surface area contributed by atoms with E-state index in [0.29, 0.717) is 22.2 Å². The normalized spacial score (nSPS) is 20.1. The minimum absolute atomic E-state index is 0.0335. The molecule has 7 heteroatoms. The first-order chi connectivity index (χ1) is 13.9. The summed E-state index contributed by atoms with van der Waals surface area (Å²) in [6.45, 7) is 5.26. The van der Waals surface area contributed by atoms with Crippen molar-refractivity contribution in [1.29, 1.82) is 0 Å². The summed E-state index contributed by atoms with van der Waals surface area (Å²) in [4.78, 5) is 17.3. The van der Waals surface area contributed by atoms with Crippen LogP contribution in [0.15, 0.2) is 47.6 Å². The van der Waals surface area contributed by atoms with E-state index >= 15 is 0 Å². The lowest BCUT2D eigenvalue weighted by Crippen LogP contribution is -2.49. The molecule has 1 atom stereocenters. The molecule has 2 aliphatic rings. The second-order valence-electron chi connectivity index (χ2n) is 7.69. The molecule has 0 radical (unpaired) electrons. The van der Waals surface area contributed by atoms with Crippen molar-refractivity contribution in [2.75, 3.05) is 38.2 Å². The maximum atomic E-state index is 13.2. The minimum Gasteiger partial charge on any atom is -0.335 e. The molecule has 0 aliphatic carbocycles. The quantitative estimate of drug-likeness (QED) is 0.724. The molecule has 152 valence electrons. The van der Waals surface area contributed by atoms with Crippen molar-refractivity contribution >= 4 is 40.5 Å². The number of aryl methyl sites for hydroxylation is 1. The fourth-order valence-corrected chi connectivity index (χ4v) is 4.23. The zero-order valence-electron chi connectivity index (χ0n) is 16.6. The monoisotopic (exact) mass is 430 g/mol. The maximum Gasteiger partial charge on any atom is 0.270 e. The van der Waals surface area contributed by atoms with Crippen molar-refractivity contribution in [2.45, 2.75) is 19.4 Å². The van der Waals surface area contributed by atoms with Crippen LogP contribution < -0.4 is 5.01 Å². The van der Waals surface area contributed by atoms with E-state index in [2.05, 4.69) is 11.9 Å². The highest BCUT2D eigenvalue weighted by atomic mass is 35.5. The van der Waals surface area contributed by atoms with Crippen molar-refractivity contribution in [3.05, 3.63) is 63.6 Å². The summed E-state index contributed by atoms with van der Waals surface area (Å²) in [7, 11) is 2.08. The number of hydrogen-bond acceptors (Lipinski definition) is 4. The SMILES string of the molecule is Cc1cc(Cl)ccc1N1N=C(C(=O)N2CCN(C)CC2)CC1c1ccc(Cl)cc1. The van der Waals surface area contributed by atoms with Gasteiger partial charge in [0, 0.05) is 42.6 Å². The highest BCUT2D eigenvalue weighted by Crippen LogP contribution is 2.38. The predicted octanol–water partition coefficient (Wildman–Crippen LogP) is 4.38. The molecule has 2 heterocycles. The van der Waals surface area contributed by atoms with Crippen LogP contribution in [0.4, 0.5) is 5.69 Å². The van der Waals surface area contributed by atoms with Gasteiger partial charge in [0.2, 0.25) is 0 Å². The van der Waals surface area contributed by atoms with Crippen LogP contribution in [-0.2, 0) is 4.79 Å². The number of hydrazone groups is 1. The molecule has 0 bridgehead atoms. The van der Waals surface area contributed by atoms with Crippen molar-refractivity contribution in [2.24, 2.45) is 5.10 Å². The number of carbonyl (C=O) groups excluding carboxylic acids is 1. The van der Waals surface area contributed by atoms with Gasteiger partial charge in [0.1, 0.15) is 5.71 Å². The van der Waals surface area contributed by atoms with E-state index in [1.165, 1.54) is 0 Å². The van der Waals surface area contributed by atoms with Crippen LogP contribution >= 0.6 is 23.2 Å². The number of halogens is 2. The zero-order valence-corrected chi connectivity index (χ0v) is 18.1. The molecule has 1 amide bonds. The summed E-state index contributed by atoms with van der Waals surface area (Å²) in [6, 6.07) is 13.5. The number of likely N-dealkylation sites (N-methyl/N-ethyl adjacent to an activating group) is 1. The molecule has 29 heavy (non-hydrogen) atoms. The third-order valence-corrected chi connectivity index (χ3v) is 6.10. The van der Waals surface area contributed by atoms with Crippen LogP contribution in [0.5, 0.6) is 0 Å². The number of benzene rings is 2. The molecular formula is C22H24Cl2N4O. The van der Waals surface area contributed by atoms with E-state index in [0.717, 1.165) is 43.0 Å². The standard InChI is InChI=1S/C22H24Cl2N4O/c1-15-13-18(24)7-8-20(15)28-21(16-3-5-17(23)6-4-16)14-19(25-28)22(29)27-11-9-26(2)10-12-27/h3-8,13,21H,9-12,14H2,1-2H3. The van der Waals surface area contributed by atoms with Gasteiger partial charge in [-0.2, -0.15) is 5.10 Å². The van der Waals surface area contributed by atoms with E-state index in [1.807, 2.05) is 59.3 Å². The number of hydrogen-bond donors (Lipinski definition) is 0. The van der Waals surface area contributed by atoms with Gasteiger partial charge in [0.25, 0.3) is 5.91 Å². The summed E-state index contributed by atoms with van der Waals surface area (Å²) >= 11 is 12.2. The fourth-order valence-electron chi connectivity index (χ4n) is 3.87. The Kier molecular flexibility index (Phi) is 5.81.